The summed E-state index contributed by atoms with van der Waals surface area (Å²) in [4.78, 5) is 11.8. The molecule has 0 spiro atoms. The van der Waals surface area contributed by atoms with Gasteiger partial charge in [0, 0.05) is 4.47 Å². The van der Waals surface area contributed by atoms with E-state index < -0.39 is 15.8 Å². The zero-order chi connectivity index (χ0) is 16.9. The van der Waals surface area contributed by atoms with E-state index in [0.717, 1.165) is 4.47 Å². The summed E-state index contributed by atoms with van der Waals surface area (Å²) in [6.07, 6.45) is 1.32. The van der Waals surface area contributed by atoms with Gasteiger partial charge in [0.1, 0.15) is 0 Å². The van der Waals surface area contributed by atoms with Crippen LogP contribution in [-0.4, -0.2) is 21.0 Å². The van der Waals surface area contributed by atoms with Gasteiger partial charge in [0.25, 0.3) is 0 Å². The van der Waals surface area contributed by atoms with Crippen LogP contribution < -0.4 is 0 Å². The van der Waals surface area contributed by atoms with Crippen molar-refractivity contribution in [3.05, 3.63) is 69.5 Å². The fourth-order valence-corrected chi connectivity index (χ4v) is 3.68. The Balaban J connectivity index is 2.57. The molecule has 0 aliphatic carbocycles. The highest BCUT2D eigenvalue weighted by Gasteiger charge is 2.28. The van der Waals surface area contributed by atoms with Crippen LogP contribution in [0.5, 0.6) is 0 Å². The van der Waals surface area contributed by atoms with Gasteiger partial charge in [-0.05, 0) is 42.8 Å². The lowest BCUT2D eigenvalue weighted by atomic mass is 10.2. The van der Waals surface area contributed by atoms with Gasteiger partial charge in [-0.2, -0.15) is 0 Å². The molecule has 2 rings (SSSR count). The maximum atomic E-state index is 12.8. The van der Waals surface area contributed by atoms with Crippen LogP contribution in [0.25, 0.3) is 6.08 Å². The Kier molecular flexibility index (Phi) is 5.74. The molecule has 0 unspecified atom stereocenters. The molecule has 6 heteroatoms. The number of hydrogen-bond donors (Lipinski definition) is 0. The van der Waals surface area contributed by atoms with Gasteiger partial charge in [-0.15, -0.1) is 0 Å². The lowest BCUT2D eigenvalue weighted by Gasteiger charge is -2.09. The highest BCUT2D eigenvalue weighted by molar-refractivity contribution is 9.10. The normalized spacial score (nSPS) is 12.0. The van der Waals surface area contributed by atoms with Gasteiger partial charge in [-0.25, -0.2) is 13.2 Å². The molecule has 0 heterocycles. The van der Waals surface area contributed by atoms with Crippen LogP contribution in [0, 0.1) is 0 Å². The molecule has 0 N–H and O–H groups in total. The number of hydrogen-bond acceptors (Lipinski definition) is 4. The molecule has 23 heavy (non-hydrogen) atoms. The van der Waals surface area contributed by atoms with E-state index in [-0.39, 0.29) is 16.4 Å². The van der Waals surface area contributed by atoms with E-state index in [1.165, 1.54) is 18.2 Å². The quantitative estimate of drug-likeness (QED) is 0.571. The van der Waals surface area contributed by atoms with Crippen molar-refractivity contribution in [2.75, 3.05) is 6.61 Å². The summed E-state index contributed by atoms with van der Waals surface area (Å²) in [5, 5.41) is 0. The lowest BCUT2D eigenvalue weighted by Crippen LogP contribution is -2.16. The minimum absolute atomic E-state index is 0.0503. The standard InChI is InChI=1S/C17H15BrO4S/c1-2-22-17(19)16(12-13-7-6-8-14(18)11-13)23(20,21)15-9-4-3-5-10-15/h3-12H,2H2,1H3/b16-12+. The number of halogens is 1. The Morgan fingerprint density at radius 2 is 1.83 bits per heavy atom. The molecule has 120 valence electrons. The number of carbonyl (C=O) groups excluding carboxylic acids is 1. The third-order valence-electron chi connectivity index (χ3n) is 2.97. The number of ether oxygens (including phenoxy) is 1. The second kappa shape index (κ2) is 7.57. The predicted octanol–water partition coefficient (Wildman–Crippen LogP) is 3.83. The van der Waals surface area contributed by atoms with Gasteiger partial charge in [0.2, 0.25) is 9.84 Å². The van der Waals surface area contributed by atoms with E-state index in [9.17, 15) is 13.2 Å². The molecule has 0 fully saturated rings. The van der Waals surface area contributed by atoms with Gasteiger partial charge < -0.3 is 4.74 Å². The molecule has 0 aliphatic heterocycles. The third kappa shape index (κ3) is 4.30. The lowest BCUT2D eigenvalue weighted by molar-refractivity contribution is -0.137. The number of esters is 1. The molecule has 0 bridgehead atoms. The maximum absolute atomic E-state index is 12.8. The molecule has 0 radical (unpaired) electrons. The van der Waals surface area contributed by atoms with Gasteiger partial charge in [0.15, 0.2) is 4.91 Å². The van der Waals surface area contributed by atoms with Crippen LogP contribution in [-0.2, 0) is 19.4 Å². The molecular formula is C17H15BrO4S. The van der Waals surface area contributed by atoms with E-state index in [1.54, 1.807) is 43.3 Å². The van der Waals surface area contributed by atoms with Gasteiger partial charge >= 0.3 is 5.97 Å². The van der Waals surface area contributed by atoms with Crippen LogP contribution in [0.1, 0.15) is 12.5 Å². The largest absolute Gasteiger partial charge is 0.462 e. The summed E-state index contributed by atoms with van der Waals surface area (Å²) in [5.41, 5.74) is 0.585. The zero-order valence-corrected chi connectivity index (χ0v) is 14.8. The number of benzene rings is 2. The molecule has 0 aromatic heterocycles. The number of carbonyl (C=O) groups is 1. The first-order valence-electron chi connectivity index (χ1n) is 6.89. The van der Waals surface area contributed by atoms with Crippen LogP contribution in [0.4, 0.5) is 0 Å². The number of rotatable bonds is 5. The molecule has 0 aliphatic rings. The fourth-order valence-electron chi connectivity index (χ4n) is 1.92. The molecule has 2 aromatic carbocycles. The highest BCUT2D eigenvalue weighted by Crippen LogP contribution is 2.23. The molecule has 0 saturated heterocycles. The topological polar surface area (TPSA) is 60.4 Å². The zero-order valence-electron chi connectivity index (χ0n) is 12.4. The minimum Gasteiger partial charge on any atom is -0.462 e. The average molecular weight is 395 g/mol. The van der Waals surface area contributed by atoms with Crippen molar-refractivity contribution in [2.24, 2.45) is 0 Å². The second-order valence-corrected chi connectivity index (χ2v) is 7.43. The van der Waals surface area contributed by atoms with Crippen molar-refractivity contribution in [2.45, 2.75) is 11.8 Å². The smallest absolute Gasteiger partial charge is 0.350 e. The summed E-state index contributed by atoms with van der Waals surface area (Å²) in [6, 6.07) is 14.8. The predicted molar refractivity (Wildman–Crippen MR) is 92.4 cm³/mol. The van der Waals surface area contributed by atoms with Crippen molar-refractivity contribution < 1.29 is 17.9 Å². The Bertz CT molecular complexity index is 827. The van der Waals surface area contributed by atoms with E-state index in [1.807, 2.05) is 6.07 Å². The first-order valence-corrected chi connectivity index (χ1v) is 9.17. The fraction of sp³-hybridized carbons (Fsp3) is 0.118. The van der Waals surface area contributed by atoms with Crippen molar-refractivity contribution >= 4 is 37.8 Å². The number of sulfone groups is 1. The maximum Gasteiger partial charge on any atom is 0.350 e. The summed E-state index contributed by atoms with van der Waals surface area (Å²) in [5.74, 6) is -0.865. The Labute approximate surface area is 143 Å². The third-order valence-corrected chi connectivity index (χ3v) is 5.22. The van der Waals surface area contributed by atoms with Crippen molar-refractivity contribution in [1.29, 1.82) is 0 Å². The summed E-state index contributed by atoms with van der Waals surface area (Å²) >= 11 is 3.32. The molecule has 0 atom stereocenters. The van der Waals surface area contributed by atoms with Crippen LogP contribution in [0.15, 0.2) is 68.9 Å². The van der Waals surface area contributed by atoms with Crippen molar-refractivity contribution in [1.82, 2.24) is 0 Å². The van der Waals surface area contributed by atoms with Crippen molar-refractivity contribution in [3.8, 4) is 0 Å². The Morgan fingerprint density at radius 1 is 1.13 bits per heavy atom. The van der Waals surface area contributed by atoms with E-state index >= 15 is 0 Å². The van der Waals surface area contributed by atoms with E-state index in [4.69, 9.17) is 4.74 Å². The van der Waals surface area contributed by atoms with Crippen LogP contribution in [0.3, 0.4) is 0 Å². The van der Waals surface area contributed by atoms with E-state index in [2.05, 4.69) is 15.9 Å². The van der Waals surface area contributed by atoms with Crippen LogP contribution >= 0.6 is 15.9 Å². The van der Waals surface area contributed by atoms with Gasteiger partial charge in [-0.3, -0.25) is 0 Å². The van der Waals surface area contributed by atoms with E-state index in [0.29, 0.717) is 5.56 Å². The van der Waals surface area contributed by atoms with Crippen molar-refractivity contribution in [3.63, 3.8) is 0 Å². The molecule has 0 saturated carbocycles. The first-order chi connectivity index (χ1) is 10.9. The Hall–Kier alpha value is -1.92. The summed E-state index contributed by atoms with van der Waals surface area (Å²) in [7, 11) is -3.96. The first kappa shape index (κ1) is 17.4. The SMILES string of the molecule is CCOC(=O)/C(=C\c1cccc(Br)c1)S(=O)(=O)c1ccccc1. The molecular weight excluding hydrogens is 380 g/mol. The molecule has 0 amide bonds. The average Bonchev–Trinajstić information content (AvgIpc) is 2.53. The molecule has 2 aromatic rings. The molecule has 4 nitrogen and oxygen atoms in total. The van der Waals surface area contributed by atoms with Gasteiger partial charge in [-0.1, -0.05) is 46.3 Å². The van der Waals surface area contributed by atoms with Gasteiger partial charge in [0.05, 0.1) is 11.5 Å². The second-order valence-electron chi connectivity index (χ2n) is 4.60. The van der Waals surface area contributed by atoms with Crippen LogP contribution in [0.2, 0.25) is 0 Å². The monoisotopic (exact) mass is 394 g/mol. The Morgan fingerprint density at radius 3 is 2.43 bits per heavy atom. The summed E-state index contributed by atoms with van der Waals surface area (Å²) in [6.45, 7) is 1.72. The highest BCUT2D eigenvalue weighted by atomic mass is 79.9. The minimum atomic E-state index is -3.96. The summed E-state index contributed by atoms with van der Waals surface area (Å²) < 4.78 is 31.2.